The van der Waals surface area contributed by atoms with Crippen molar-refractivity contribution in [3.8, 4) is 0 Å². The number of hydrogen-bond acceptors (Lipinski definition) is 2. The fourth-order valence-electron chi connectivity index (χ4n) is 2.46. The molecule has 1 aromatic heterocycles. The molecule has 0 aliphatic heterocycles. The second-order valence-corrected chi connectivity index (χ2v) is 5.51. The summed E-state index contributed by atoms with van der Waals surface area (Å²) in [5.41, 5.74) is 3.71. The third-order valence-electron chi connectivity index (χ3n) is 3.87. The first kappa shape index (κ1) is 21.2. The minimum Gasteiger partial charge on any atom is -0.356 e. The van der Waals surface area contributed by atoms with Crippen molar-refractivity contribution in [2.45, 2.75) is 52.9 Å². The van der Waals surface area contributed by atoms with Crippen LogP contribution in [-0.4, -0.2) is 35.9 Å². The highest BCUT2D eigenvalue weighted by Gasteiger charge is 2.08. The van der Waals surface area contributed by atoms with E-state index in [0.29, 0.717) is 0 Å². The number of aromatic nitrogens is 2. The Morgan fingerprint density at radius 3 is 2.36 bits per heavy atom. The maximum absolute atomic E-state index is 4.45. The van der Waals surface area contributed by atoms with E-state index in [1.807, 2.05) is 18.8 Å². The van der Waals surface area contributed by atoms with Crippen molar-refractivity contribution in [3.05, 3.63) is 17.0 Å². The van der Waals surface area contributed by atoms with Gasteiger partial charge in [0.15, 0.2) is 5.96 Å². The van der Waals surface area contributed by atoms with Gasteiger partial charge in [0, 0.05) is 32.9 Å². The molecule has 22 heavy (non-hydrogen) atoms. The van der Waals surface area contributed by atoms with Crippen molar-refractivity contribution in [1.29, 1.82) is 0 Å². The molecule has 0 unspecified atom stereocenters. The summed E-state index contributed by atoms with van der Waals surface area (Å²) in [5.74, 6) is 0.894. The van der Waals surface area contributed by atoms with Gasteiger partial charge in [0.25, 0.3) is 0 Å². The van der Waals surface area contributed by atoms with Crippen molar-refractivity contribution >= 4 is 29.9 Å². The first-order valence-corrected chi connectivity index (χ1v) is 8.03. The Hall–Kier alpha value is -0.790. The molecule has 6 heteroatoms. The third-order valence-corrected chi connectivity index (χ3v) is 3.87. The molecule has 1 heterocycles. The van der Waals surface area contributed by atoms with Crippen molar-refractivity contribution in [2.75, 3.05) is 20.1 Å². The van der Waals surface area contributed by atoms with Crippen LogP contribution in [-0.2, 0) is 13.5 Å². The number of aryl methyl sites for hydroxylation is 2. The van der Waals surface area contributed by atoms with Crippen molar-refractivity contribution in [2.24, 2.45) is 12.0 Å². The van der Waals surface area contributed by atoms with Gasteiger partial charge in [0.1, 0.15) is 0 Å². The topological polar surface area (TPSA) is 54.2 Å². The summed E-state index contributed by atoms with van der Waals surface area (Å²) in [7, 11) is 3.82. The number of nitrogens with one attached hydrogen (secondary N) is 2. The molecule has 2 N–H and O–H groups in total. The molecule has 0 bridgehead atoms. The Morgan fingerprint density at radius 2 is 1.82 bits per heavy atom. The highest BCUT2D eigenvalue weighted by atomic mass is 127. The molecular formula is C16H32IN5. The number of hydrogen-bond donors (Lipinski definition) is 2. The van der Waals surface area contributed by atoms with Crippen LogP contribution >= 0.6 is 24.0 Å². The first-order chi connectivity index (χ1) is 10.1. The fraction of sp³-hybridized carbons (Fsp3) is 0.750. The maximum Gasteiger partial charge on any atom is 0.190 e. The van der Waals surface area contributed by atoms with E-state index >= 15 is 0 Å². The molecule has 1 aromatic rings. The van der Waals surface area contributed by atoms with Gasteiger partial charge in [0.2, 0.25) is 0 Å². The Labute approximate surface area is 152 Å². The predicted octanol–water partition coefficient (Wildman–Crippen LogP) is 2.94. The maximum atomic E-state index is 4.45. The number of halogens is 1. The van der Waals surface area contributed by atoms with Gasteiger partial charge >= 0.3 is 0 Å². The third kappa shape index (κ3) is 6.98. The number of guanidine groups is 1. The average Bonchev–Trinajstić information content (AvgIpc) is 2.71. The summed E-state index contributed by atoms with van der Waals surface area (Å²) in [5, 5.41) is 11.2. The standard InChI is InChI=1S/C16H31N5.HI/c1-6-7-8-9-11-18-16(17-4)19-12-10-15-13(2)20-21(5)14(15)3;/h6-12H2,1-5H3,(H2,17,18,19);1H. The van der Waals surface area contributed by atoms with E-state index in [1.54, 1.807) is 0 Å². The van der Waals surface area contributed by atoms with Crippen LogP contribution in [0.3, 0.4) is 0 Å². The highest BCUT2D eigenvalue weighted by Crippen LogP contribution is 2.11. The van der Waals surface area contributed by atoms with Crippen LogP contribution in [0.1, 0.15) is 49.6 Å². The van der Waals surface area contributed by atoms with Gasteiger partial charge in [-0.15, -0.1) is 24.0 Å². The molecule has 0 atom stereocenters. The van der Waals surface area contributed by atoms with Crippen LogP contribution in [0.25, 0.3) is 0 Å². The number of unbranched alkanes of at least 4 members (excludes halogenated alkanes) is 3. The molecule has 0 fully saturated rings. The highest BCUT2D eigenvalue weighted by molar-refractivity contribution is 14.0. The van der Waals surface area contributed by atoms with Crippen molar-refractivity contribution in [1.82, 2.24) is 20.4 Å². The van der Waals surface area contributed by atoms with Crippen LogP contribution in [0.4, 0.5) is 0 Å². The molecular weight excluding hydrogens is 389 g/mol. The van der Waals surface area contributed by atoms with Gasteiger partial charge in [-0.1, -0.05) is 26.2 Å². The smallest absolute Gasteiger partial charge is 0.190 e. The molecule has 0 amide bonds. The van der Waals surface area contributed by atoms with Crippen LogP contribution in [0.2, 0.25) is 0 Å². The summed E-state index contributed by atoms with van der Waals surface area (Å²) in [6, 6.07) is 0. The lowest BCUT2D eigenvalue weighted by molar-refractivity contribution is 0.647. The minimum absolute atomic E-state index is 0. The molecule has 0 radical (unpaired) electrons. The van der Waals surface area contributed by atoms with E-state index in [-0.39, 0.29) is 24.0 Å². The molecule has 0 aliphatic rings. The largest absolute Gasteiger partial charge is 0.356 e. The van der Waals surface area contributed by atoms with E-state index in [1.165, 1.54) is 36.9 Å². The molecule has 0 spiro atoms. The van der Waals surface area contributed by atoms with Gasteiger partial charge in [-0.2, -0.15) is 5.10 Å². The molecule has 0 saturated carbocycles. The SMILES string of the molecule is CCCCCCNC(=NC)NCCc1c(C)nn(C)c1C.I. The Bertz CT molecular complexity index is 454. The zero-order chi connectivity index (χ0) is 15.7. The van der Waals surface area contributed by atoms with Crippen molar-refractivity contribution in [3.63, 3.8) is 0 Å². The zero-order valence-electron chi connectivity index (χ0n) is 14.7. The van der Waals surface area contributed by atoms with E-state index in [9.17, 15) is 0 Å². The van der Waals surface area contributed by atoms with Crippen LogP contribution < -0.4 is 10.6 Å². The molecule has 0 saturated heterocycles. The van der Waals surface area contributed by atoms with Crippen LogP contribution in [0.5, 0.6) is 0 Å². The van der Waals surface area contributed by atoms with Crippen molar-refractivity contribution < 1.29 is 0 Å². The summed E-state index contributed by atoms with van der Waals surface area (Å²) in [4.78, 5) is 4.26. The van der Waals surface area contributed by atoms with Gasteiger partial charge in [-0.05, 0) is 32.3 Å². The lowest BCUT2D eigenvalue weighted by atomic mass is 10.1. The second kappa shape index (κ2) is 11.7. The fourth-order valence-corrected chi connectivity index (χ4v) is 2.46. The Balaban J connectivity index is 0.00000441. The molecule has 5 nitrogen and oxygen atoms in total. The molecule has 0 aromatic carbocycles. The van der Waals surface area contributed by atoms with Crippen LogP contribution in [0.15, 0.2) is 4.99 Å². The zero-order valence-corrected chi connectivity index (χ0v) is 17.0. The van der Waals surface area contributed by atoms with Crippen LogP contribution in [0, 0.1) is 13.8 Å². The average molecular weight is 421 g/mol. The van der Waals surface area contributed by atoms with E-state index in [2.05, 4.69) is 41.5 Å². The van der Waals surface area contributed by atoms with Gasteiger partial charge in [-0.3, -0.25) is 9.67 Å². The summed E-state index contributed by atoms with van der Waals surface area (Å²) < 4.78 is 1.95. The Kier molecular flexibility index (Phi) is 11.3. The summed E-state index contributed by atoms with van der Waals surface area (Å²) in [6.45, 7) is 8.29. The minimum atomic E-state index is 0. The number of aliphatic imine (C=N–C) groups is 1. The quantitative estimate of drug-likeness (QED) is 0.294. The Morgan fingerprint density at radius 1 is 1.14 bits per heavy atom. The lowest BCUT2D eigenvalue weighted by Gasteiger charge is -2.12. The van der Waals surface area contributed by atoms with E-state index in [0.717, 1.165) is 31.2 Å². The molecule has 0 aliphatic carbocycles. The first-order valence-electron chi connectivity index (χ1n) is 8.03. The van der Waals surface area contributed by atoms with Gasteiger partial charge in [0.05, 0.1) is 5.69 Å². The summed E-state index contributed by atoms with van der Waals surface area (Å²) >= 11 is 0. The van der Waals surface area contributed by atoms with Gasteiger partial charge in [-0.25, -0.2) is 0 Å². The predicted molar refractivity (Wildman–Crippen MR) is 105 cm³/mol. The molecule has 128 valence electrons. The summed E-state index contributed by atoms with van der Waals surface area (Å²) in [6.07, 6.45) is 6.05. The monoisotopic (exact) mass is 421 g/mol. The van der Waals surface area contributed by atoms with E-state index in [4.69, 9.17) is 0 Å². The number of rotatable bonds is 8. The second-order valence-electron chi connectivity index (χ2n) is 5.51. The molecule has 1 rings (SSSR count). The number of nitrogens with zero attached hydrogens (tertiary/aromatic N) is 3. The lowest BCUT2D eigenvalue weighted by Crippen LogP contribution is -2.38. The van der Waals surface area contributed by atoms with Gasteiger partial charge < -0.3 is 10.6 Å². The normalized spacial score (nSPS) is 11.2. The van der Waals surface area contributed by atoms with E-state index < -0.39 is 0 Å².